The van der Waals surface area contributed by atoms with E-state index in [2.05, 4.69) is 20.2 Å². The van der Waals surface area contributed by atoms with E-state index in [0.29, 0.717) is 11.4 Å². The number of tetrazole rings is 1. The van der Waals surface area contributed by atoms with Crippen molar-refractivity contribution in [3.8, 4) is 5.69 Å². The first-order valence-electron chi connectivity index (χ1n) is 6.27. The maximum absolute atomic E-state index is 12.5. The summed E-state index contributed by atoms with van der Waals surface area (Å²) in [6.45, 7) is 0. The molecule has 2 aromatic carbocycles. The third-order valence-electron chi connectivity index (χ3n) is 2.89. The highest BCUT2D eigenvalue weighted by Gasteiger charge is 2.18. The molecule has 0 fully saturated rings. The quantitative estimate of drug-likeness (QED) is 0.763. The van der Waals surface area contributed by atoms with Crippen LogP contribution in [0.25, 0.3) is 5.69 Å². The number of benzene rings is 2. The van der Waals surface area contributed by atoms with Crippen molar-refractivity contribution < 1.29 is 8.42 Å². The van der Waals surface area contributed by atoms with Gasteiger partial charge in [0.25, 0.3) is 10.0 Å². The standard InChI is InChI=1S/C13H9Cl2N5O2S/c14-9-5-10(15)7-11(6-9)23(21,22)17-12-3-1-2-4-13(12)20-8-16-18-19-20/h1-8,17H. The van der Waals surface area contributed by atoms with Crippen LogP contribution in [-0.4, -0.2) is 28.6 Å². The molecule has 0 saturated heterocycles. The Morgan fingerprint density at radius 3 is 2.39 bits per heavy atom. The molecule has 0 aliphatic carbocycles. The van der Waals surface area contributed by atoms with Crippen molar-refractivity contribution in [2.75, 3.05) is 4.72 Å². The second-order valence-electron chi connectivity index (χ2n) is 4.48. The van der Waals surface area contributed by atoms with E-state index in [0.717, 1.165) is 0 Å². The van der Waals surface area contributed by atoms with Crippen LogP contribution >= 0.6 is 23.2 Å². The summed E-state index contributed by atoms with van der Waals surface area (Å²) in [7, 11) is -3.87. The molecule has 0 amide bonds. The number of anilines is 1. The lowest BCUT2D eigenvalue weighted by atomic mass is 10.3. The van der Waals surface area contributed by atoms with Crippen LogP contribution in [0.3, 0.4) is 0 Å². The molecule has 10 heteroatoms. The van der Waals surface area contributed by atoms with Crippen molar-refractivity contribution in [1.29, 1.82) is 0 Å². The SMILES string of the molecule is O=S(=O)(Nc1ccccc1-n1cnnn1)c1cc(Cl)cc(Cl)c1. The predicted molar refractivity (Wildman–Crippen MR) is 86.4 cm³/mol. The van der Waals surface area contributed by atoms with Gasteiger partial charge >= 0.3 is 0 Å². The lowest BCUT2D eigenvalue weighted by Gasteiger charge is -2.12. The second kappa shape index (κ2) is 6.15. The van der Waals surface area contributed by atoms with Crippen LogP contribution in [0.2, 0.25) is 10.0 Å². The highest BCUT2D eigenvalue weighted by molar-refractivity contribution is 7.92. The molecule has 1 N–H and O–H groups in total. The molecule has 0 saturated carbocycles. The first kappa shape index (κ1) is 15.7. The molecule has 23 heavy (non-hydrogen) atoms. The molecule has 0 spiro atoms. The lowest BCUT2D eigenvalue weighted by molar-refractivity contribution is 0.601. The number of aromatic nitrogens is 4. The Kier molecular flexibility index (Phi) is 4.20. The molecule has 0 atom stereocenters. The molecule has 0 unspecified atom stereocenters. The molecule has 0 aliphatic heterocycles. The summed E-state index contributed by atoms with van der Waals surface area (Å²) < 4.78 is 28.9. The number of para-hydroxylation sites is 2. The van der Waals surface area contributed by atoms with Crippen LogP contribution in [-0.2, 0) is 10.0 Å². The number of nitrogens with zero attached hydrogens (tertiary/aromatic N) is 4. The summed E-state index contributed by atoms with van der Waals surface area (Å²) in [5, 5.41) is 11.3. The molecule has 0 aliphatic rings. The van der Waals surface area contributed by atoms with Gasteiger partial charge in [0.15, 0.2) is 0 Å². The van der Waals surface area contributed by atoms with Crippen molar-refractivity contribution in [2.24, 2.45) is 0 Å². The highest BCUT2D eigenvalue weighted by Crippen LogP contribution is 2.26. The summed E-state index contributed by atoms with van der Waals surface area (Å²) >= 11 is 11.7. The zero-order valence-electron chi connectivity index (χ0n) is 11.4. The minimum Gasteiger partial charge on any atom is -0.277 e. The zero-order chi connectivity index (χ0) is 16.4. The van der Waals surface area contributed by atoms with E-state index in [1.807, 2.05) is 0 Å². The Morgan fingerprint density at radius 1 is 1.04 bits per heavy atom. The van der Waals surface area contributed by atoms with Crippen LogP contribution in [0.1, 0.15) is 0 Å². The van der Waals surface area contributed by atoms with Gasteiger partial charge in [-0.2, -0.15) is 4.68 Å². The fourth-order valence-corrected chi connectivity index (χ4v) is 3.72. The Morgan fingerprint density at radius 2 is 1.74 bits per heavy atom. The number of halogens is 2. The van der Waals surface area contributed by atoms with E-state index in [1.165, 1.54) is 29.2 Å². The highest BCUT2D eigenvalue weighted by atomic mass is 35.5. The fourth-order valence-electron chi connectivity index (χ4n) is 1.92. The Hall–Kier alpha value is -2.16. The summed E-state index contributed by atoms with van der Waals surface area (Å²) in [5.41, 5.74) is 0.796. The van der Waals surface area contributed by atoms with Gasteiger partial charge in [0.05, 0.1) is 16.3 Å². The van der Waals surface area contributed by atoms with E-state index in [4.69, 9.17) is 23.2 Å². The molecular weight excluding hydrogens is 361 g/mol. The minimum atomic E-state index is -3.87. The van der Waals surface area contributed by atoms with Crippen molar-refractivity contribution in [3.05, 3.63) is 58.8 Å². The van der Waals surface area contributed by atoms with E-state index >= 15 is 0 Å². The van der Waals surface area contributed by atoms with E-state index in [9.17, 15) is 8.42 Å². The van der Waals surface area contributed by atoms with Crippen LogP contribution in [0.5, 0.6) is 0 Å². The van der Waals surface area contributed by atoms with Gasteiger partial charge in [0.2, 0.25) is 0 Å². The van der Waals surface area contributed by atoms with Gasteiger partial charge in [0, 0.05) is 10.0 Å². The van der Waals surface area contributed by atoms with Crippen molar-refractivity contribution >= 4 is 38.9 Å². The largest absolute Gasteiger partial charge is 0.277 e. The molecule has 3 aromatic rings. The lowest BCUT2D eigenvalue weighted by Crippen LogP contribution is -2.15. The maximum atomic E-state index is 12.5. The Bertz CT molecular complexity index is 925. The predicted octanol–water partition coefficient (Wildman–Crippen LogP) is 2.77. The Balaban J connectivity index is 2.02. The van der Waals surface area contributed by atoms with E-state index < -0.39 is 10.0 Å². The number of sulfonamides is 1. The Labute approximate surface area is 141 Å². The van der Waals surface area contributed by atoms with Gasteiger partial charge in [-0.15, -0.1) is 5.10 Å². The number of nitrogens with one attached hydrogen (secondary N) is 1. The summed E-state index contributed by atoms with van der Waals surface area (Å²) in [6.07, 6.45) is 1.36. The molecule has 0 radical (unpaired) electrons. The van der Waals surface area contributed by atoms with Crippen LogP contribution in [0, 0.1) is 0 Å². The summed E-state index contributed by atoms with van der Waals surface area (Å²) in [5.74, 6) is 0. The molecule has 0 bridgehead atoms. The molecular formula is C13H9Cl2N5O2S. The average molecular weight is 370 g/mol. The minimum absolute atomic E-state index is 0.0403. The van der Waals surface area contributed by atoms with Gasteiger partial charge in [-0.1, -0.05) is 35.3 Å². The van der Waals surface area contributed by atoms with Crippen LogP contribution < -0.4 is 4.72 Å². The molecule has 118 valence electrons. The number of hydrogen-bond donors (Lipinski definition) is 1. The third-order valence-corrected chi connectivity index (χ3v) is 4.67. The average Bonchev–Trinajstić information content (AvgIpc) is 3.00. The molecule has 1 aromatic heterocycles. The van der Waals surface area contributed by atoms with Gasteiger partial charge in [-0.25, -0.2) is 8.42 Å². The topological polar surface area (TPSA) is 89.8 Å². The maximum Gasteiger partial charge on any atom is 0.262 e. The number of hydrogen-bond acceptors (Lipinski definition) is 5. The van der Waals surface area contributed by atoms with Gasteiger partial charge in [-0.05, 0) is 40.8 Å². The van der Waals surface area contributed by atoms with Crippen molar-refractivity contribution in [2.45, 2.75) is 4.90 Å². The first-order chi connectivity index (χ1) is 11.0. The normalized spacial score (nSPS) is 11.4. The van der Waals surface area contributed by atoms with Crippen molar-refractivity contribution in [3.63, 3.8) is 0 Å². The van der Waals surface area contributed by atoms with Crippen LogP contribution in [0.15, 0.2) is 53.7 Å². The summed E-state index contributed by atoms with van der Waals surface area (Å²) in [4.78, 5) is -0.0403. The van der Waals surface area contributed by atoms with E-state index in [-0.39, 0.29) is 14.9 Å². The second-order valence-corrected chi connectivity index (χ2v) is 7.04. The van der Waals surface area contributed by atoms with Crippen molar-refractivity contribution in [1.82, 2.24) is 20.2 Å². The first-order valence-corrected chi connectivity index (χ1v) is 8.51. The summed E-state index contributed by atoms with van der Waals surface area (Å²) in [6, 6.07) is 10.8. The molecule has 3 rings (SSSR count). The van der Waals surface area contributed by atoms with Gasteiger partial charge in [0.1, 0.15) is 6.33 Å². The number of rotatable bonds is 4. The molecule has 1 heterocycles. The third kappa shape index (κ3) is 3.44. The fraction of sp³-hybridized carbons (Fsp3) is 0. The van der Waals surface area contributed by atoms with Gasteiger partial charge in [-0.3, -0.25) is 4.72 Å². The van der Waals surface area contributed by atoms with Crippen LogP contribution in [0.4, 0.5) is 5.69 Å². The zero-order valence-corrected chi connectivity index (χ0v) is 13.7. The monoisotopic (exact) mass is 369 g/mol. The van der Waals surface area contributed by atoms with E-state index in [1.54, 1.807) is 24.3 Å². The smallest absolute Gasteiger partial charge is 0.262 e. The molecule has 7 nitrogen and oxygen atoms in total. The van der Waals surface area contributed by atoms with Gasteiger partial charge < -0.3 is 0 Å².